The zero-order valence-corrected chi connectivity index (χ0v) is 16.6. The summed E-state index contributed by atoms with van der Waals surface area (Å²) in [6.07, 6.45) is 1.76. The molecule has 0 aromatic heterocycles. The van der Waals surface area contributed by atoms with Crippen LogP contribution in [0.3, 0.4) is 0 Å². The van der Waals surface area contributed by atoms with Gasteiger partial charge in [-0.25, -0.2) is 4.39 Å². The van der Waals surface area contributed by atoms with E-state index in [1.807, 2.05) is 18.0 Å². The molecular weight excluding hydrogens is 333 g/mol. The fraction of sp³-hybridized carbons (Fsp3) is 0.650. The average Bonchev–Trinajstić information content (AvgIpc) is 3.01. The summed E-state index contributed by atoms with van der Waals surface area (Å²) in [4.78, 5) is 16.6. The summed E-state index contributed by atoms with van der Waals surface area (Å²) >= 11 is 0. The van der Waals surface area contributed by atoms with Crippen LogP contribution in [0.25, 0.3) is 0 Å². The Labute approximate surface area is 156 Å². The number of nitrogens with zero attached hydrogens (tertiary/aromatic N) is 2. The number of likely N-dealkylation sites (N-methyl/N-ethyl adjacent to an activating group) is 1. The van der Waals surface area contributed by atoms with Crippen LogP contribution in [0.5, 0.6) is 0 Å². The lowest BCUT2D eigenvalue weighted by molar-refractivity contribution is -0.123. The van der Waals surface area contributed by atoms with Gasteiger partial charge in [-0.1, -0.05) is 20.8 Å². The van der Waals surface area contributed by atoms with Crippen molar-refractivity contribution in [2.75, 3.05) is 43.6 Å². The number of nitrogens with one attached hydrogen (secondary N) is 1. The summed E-state index contributed by atoms with van der Waals surface area (Å²) < 4.78 is 14.7. The highest BCUT2D eigenvalue weighted by atomic mass is 19.1. The number of aliphatic hydroxyl groups excluding tert-OH is 1. The highest BCUT2D eigenvalue weighted by molar-refractivity contribution is 5.86. The number of carbonyl (C=O) groups excluding carboxylic acids is 1. The second-order valence-electron chi connectivity index (χ2n) is 7.61. The maximum Gasteiger partial charge on any atom is 0.242 e. The number of aliphatic hydroxyl groups is 1. The van der Waals surface area contributed by atoms with E-state index < -0.39 is 0 Å². The zero-order chi connectivity index (χ0) is 19.4. The van der Waals surface area contributed by atoms with Crippen molar-refractivity contribution < 1.29 is 14.3 Å². The third-order valence-corrected chi connectivity index (χ3v) is 5.30. The van der Waals surface area contributed by atoms with E-state index in [0.29, 0.717) is 24.6 Å². The number of rotatable bonds is 2. The lowest BCUT2D eigenvalue weighted by atomic mass is 9.97. The van der Waals surface area contributed by atoms with Gasteiger partial charge in [0.2, 0.25) is 5.91 Å². The lowest BCUT2D eigenvalue weighted by Gasteiger charge is -2.36. The van der Waals surface area contributed by atoms with E-state index in [2.05, 4.69) is 31.0 Å². The van der Waals surface area contributed by atoms with E-state index in [-0.39, 0.29) is 23.7 Å². The smallest absolute Gasteiger partial charge is 0.242 e. The monoisotopic (exact) mass is 365 g/mol. The summed E-state index contributed by atoms with van der Waals surface area (Å²) in [5.74, 6) is 0.683. The summed E-state index contributed by atoms with van der Waals surface area (Å²) in [7, 11) is 2.95. The molecular formula is C20H32FN3O2. The molecule has 1 aromatic rings. The Kier molecular flexibility index (Phi) is 6.87. The third kappa shape index (κ3) is 4.11. The molecule has 2 aliphatic heterocycles. The third-order valence-electron chi connectivity index (χ3n) is 5.30. The van der Waals surface area contributed by atoms with Crippen LogP contribution < -0.4 is 15.1 Å². The van der Waals surface area contributed by atoms with Gasteiger partial charge in [0.15, 0.2) is 0 Å². The molecule has 2 atom stereocenters. The standard InChI is InChI=1S/C19H28FN3O.CH4O/c1-12(2)18-19(24)21-7-5-14-9-15(20)17(10-16(14)22(18)4)23-8-6-13(3)11-23;1-2/h9-10,12-13,18H,5-8,11H2,1-4H3,(H,21,24);2H,1H3. The van der Waals surface area contributed by atoms with E-state index in [9.17, 15) is 9.18 Å². The van der Waals surface area contributed by atoms with Crippen LogP contribution in [0.4, 0.5) is 15.8 Å². The van der Waals surface area contributed by atoms with Gasteiger partial charge < -0.3 is 20.2 Å². The van der Waals surface area contributed by atoms with Gasteiger partial charge in [0.1, 0.15) is 11.9 Å². The lowest BCUT2D eigenvalue weighted by Crippen LogP contribution is -2.50. The van der Waals surface area contributed by atoms with E-state index >= 15 is 0 Å². The molecule has 2 heterocycles. The van der Waals surface area contributed by atoms with Gasteiger partial charge in [0.25, 0.3) is 0 Å². The molecule has 1 aromatic carbocycles. The molecule has 1 fully saturated rings. The van der Waals surface area contributed by atoms with Crippen LogP contribution in [0, 0.1) is 17.7 Å². The predicted molar refractivity (Wildman–Crippen MR) is 104 cm³/mol. The summed E-state index contributed by atoms with van der Waals surface area (Å²) in [5.41, 5.74) is 2.63. The molecule has 0 radical (unpaired) electrons. The van der Waals surface area contributed by atoms with Crippen LogP contribution in [0.15, 0.2) is 12.1 Å². The van der Waals surface area contributed by atoms with Crippen LogP contribution >= 0.6 is 0 Å². The quantitative estimate of drug-likeness (QED) is 0.845. The van der Waals surface area contributed by atoms with Gasteiger partial charge in [0, 0.05) is 39.5 Å². The Morgan fingerprint density at radius 2 is 1.96 bits per heavy atom. The minimum absolute atomic E-state index is 0.0545. The van der Waals surface area contributed by atoms with Gasteiger partial charge in [-0.3, -0.25) is 4.79 Å². The molecule has 2 N–H and O–H groups in total. The zero-order valence-electron chi connectivity index (χ0n) is 16.6. The first-order chi connectivity index (χ1) is 12.4. The minimum Gasteiger partial charge on any atom is -0.400 e. The van der Waals surface area contributed by atoms with Crippen molar-refractivity contribution in [1.29, 1.82) is 0 Å². The summed E-state index contributed by atoms with van der Waals surface area (Å²) in [6.45, 7) is 8.66. The molecule has 1 saturated heterocycles. The SMILES string of the molecule is CC1CCN(c2cc3c(cc2F)CCNC(=O)C(C(C)C)N3C)C1.CO. The first kappa shape index (κ1) is 20.5. The Morgan fingerprint density at radius 3 is 2.54 bits per heavy atom. The highest BCUT2D eigenvalue weighted by Gasteiger charge is 2.31. The van der Waals surface area contributed by atoms with Gasteiger partial charge in [0.05, 0.1) is 5.69 Å². The number of amides is 1. The molecule has 0 saturated carbocycles. The number of anilines is 2. The van der Waals surface area contributed by atoms with Crippen LogP contribution in [0.2, 0.25) is 0 Å². The largest absolute Gasteiger partial charge is 0.400 e. The maximum absolute atomic E-state index is 14.7. The minimum atomic E-state index is -0.236. The second-order valence-corrected chi connectivity index (χ2v) is 7.61. The normalized spacial score (nSPS) is 23.0. The Morgan fingerprint density at radius 1 is 1.27 bits per heavy atom. The molecule has 26 heavy (non-hydrogen) atoms. The van der Waals surface area contributed by atoms with Crippen LogP contribution in [-0.4, -0.2) is 50.8 Å². The number of hydrogen-bond acceptors (Lipinski definition) is 4. The number of benzene rings is 1. The Hall–Kier alpha value is -1.82. The number of hydrogen-bond donors (Lipinski definition) is 2. The predicted octanol–water partition coefficient (Wildman–Crippen LogP) is 2.41. The number of fused-ring (bicyclic) bond motifs is 1. The molecule has 0 bridgehead atoms. The Bertz CT molecular complexity index is 636. The molecule has 3 rings (SSSR count). The van der Waals surface area contributed by atoms with Crippen molar-refractivity contribution in [3.05, 3.63) is 23.5 Å². The molecule has 1 amide bonds. The van der Waals surface area contributed by atoms with Crippen molar-refractivity contribution in [2.24, 2.45) is 11.8 Å². The van der Waals surface area contributed by atoms with Crippen LogP contribution in [0.1, 0.15) is 32.8 Å². The van der Waals surface area contributed by atoms with Gasteiger partial charge in [-0.15, -0.1) is 0 Å². The molecule has 5 nitrogen and oxygen atoms in total. The summed E-state index contributed by atoms with van der Waals surface area (Å²) in [6, 6.07) is 3.38. The first-order valence-corrected chi connectivity index (χ1v) is 9.41. The first-order valence-electron chi connectivity index (χ1n) is 9.41. The molecule has 2 unspecified atom stereocenters. The van der Waals surface area contributed by atoms with Crippen molar-refractivity contribution >= 4 is 17.3 Å². The molecule has 2 aliphatic rings. The topological polar surface area (TPSA) is 55.8 Å². The Balaban J connectivity index is 0.00000117. The summed E-state index contributed by atoms with van der Waals surface area (Å²) in [5, 5.41) is 9.97. The number of carbonyl (C=O) groups is 1. The molecule has 146 valence electrons. The van der Waals surface area contributed by atoms with Gasteiger partial charge in [-0.2, -0.15) is 0 Å². The van der Waals surface area contributed by atoms with E-state index in [0.717, 1.165) is 37.9 Å². The molecule has 0 spiro atoms. The molecule has 0 aliphatic carbocycles. The van der Waals surface area contributed by atoms with Gasteiger partial charge >= 0.3 is 0 Å². The highest BCUT2D eigenvalue weighted by Crippen LogP contribution is 2.34. The second kappa shape index (κ2) is 8.71. The number of halogens is 1. The van der Waals surface area contributed by atoms with E-state index in [4.69, 9.17) is 5.11 Å². The maximum atomic E-state index is 14.7. The van der Waals surface area contributed by atoms with Gasteiger partial charge in [-0.05, 0) is 42.4 Å². The van der Waals surface area contributed by atoms with Crippen molar-refractivity contribution in [2.45, 2.75) is 39.7 Å². The average molecular weight is 365 g/mol. The van der Waals surface area contributed by atoms with Crippen LogP contribution in [-0.2, 0) is 11.2 Å². The van der Waals surface area contributed by atoms with E-state index in [1.165, 1.54) is 0 Å². The van der Waals surface area contributed by atoms with Crippen molar-refractivity contribution in [3.8, 4) is 0 Å². The molecule has 6 heteroatoms. The fourth-order valence-corrected chi connectivity index (χ4v) is 4.02. The van der Waals surface area contributed by atoms with Crippen molar-refractivity contribution in [1.82, 2.24) is 5.32 Å². The fourth-order valence-electron chi connectivity index (χ4n) is 4.02. The van der Waals surface area contributed by atoms with Crippen molar-refractivity contribution in [3.63, 3.8) is 0 Å². The van der Waals surface area contributed by atoms with E-state index in [1.54, 1.807) is 6.07 Å².